The van der Waals surface area contributed by atoms with Gasteiger partial charge in [0.15, 0.2) is 0 Å². The fourth-order valence-electron chi connectivity index (χ4n) is 6.60. The monoisotopic (exact) mass is 511 g/mol. The van der Waals surface area contributed by atoms with Crippen LogP contribution in [0, 0.1) is 24.2 Å². The summed E-state index contributed by atoms with van der Waals surface area (Å²) in [7, 11) is 2.01. The predicted octanol–water partition coefficient (Wildman–Crippen LogP) is 6.07. The molecular weight excluding hydrogens is 474 g/mol. The van der Waals surface area contributed by atoms with E-state index in [1.807, 2.05) is 14.0 Å². The van der Waals surface area contributed by atoms with Crippen molar-refractivity contribution in [3.05, 3.63) is 58.9 Å². The number of fused-ring (bicyclic) bond motifs is 1. The summed E-state index contributed by atoms with van der Waals surface area (Å²) in [5.41, 5.74) is 4.43. The van der Waals surface area contributed by atoms with Gasteiger partial charge in [0.25, 0.3) is 5.91 Å². The number of anilines is 1. The molecule has 5 rings (SSSR count). The molecule has 3 aromatic rings. The second-order valence-corrected chi connectivity index (χ2v) is 11.7. The van der Waals surface area contributed by atoms with E-state index in [4.69, 9.17) is 4.98 Å². The average molecular weight is 512 g/mol. The standard InChI is InChI=1S/C31H37N5O2/c1-20-26(34-30(38)23-11-7-10-22(14-23)17-32)18-33-29-28(20)25(19-35(29)4)24-12-13-36(31(2,3)16-24)27(37)15-21-8-5-6-9-21/h7,10-11,14,18-19,21,24H,5-6,8-9,12-13,15-16H2,1-4H3,(H,34,38). The van der Waals surface area contributed by atoms with Crippen LogP contribution in [0.2, 0.25) is 0 Å². The second-order valence-electron chi connectivity index (χ2n) is 11.7. The van der Waals surface area contributed by atoms with E-state index in [-0.39, 0.29) is 11.4 Å². The summed E-state index contributed by atoms with van der Waals surface area (Å²) in [6.45, 7) is 7.18. The topological polar surface area (TPSA) is 91.0 Å². The number of carbonyl (C=O) groups is 2. The third kappa shape index (κ3) is 4.92. The Morgan fingerprint density at radius 2 is 1.97 bits per heavy atom. The molecule has 7 nitrogen and oxygen atoms in total. The fraction of sp³-hybridized carbons (Fsp3) is 0.484. The second kappa shape index (κ2) is 10.2. The van der Waals surface area contributed by atoms with E-state index < -0.39 is 0 Å². The highest BCUT2D eigenvalue weighted by molar-refractivity contribution is 6.06. The molecule has 1 saturated heterocycles. The van der Waals surface area contributed by atoms with Crippen molar-refractivity contribution in [1.29, 1.82) is 5.26 Å². The maximum atomic E-state index is 13.2. The van der Waals surface area contributed by atoms with Crippen LogP contribution in [0.15, 0.2) is 36.7 Å². The zero-order valence-corrected chi connectivity index (χ0v) is 22.9. The van der Waals surface area contributed by atoms with Crippen LogP contribution in [0.1, 0.15) is 91.8 Å². The molecule has 1 aliphatic heterocycles. The van der Waals surface area contributed by atoms with Gasteiger partial charge in [0, 0.05) is 42.7 Å². The third-order valence-corrected chi connectivity index (χ3v) is 8.63. The quantitative estimate of drug-likeness (QED) is 0.450. The zero-order valence-electron chi connectivity index (χ0n) is 22.9. The molecule has 2 aromatic heterocycles. The molecule has 1 N–H and O–H groups in total. The first-order chi connectivity index (χ1) is 18.2. The molecule has 7 heteroatoms. The summed E-state index contributed by atoms with van der Waals surface area (Å²) in [6, 6.07) is 8.77. The molecule has 1 atom stereocenters. The van der Waals surface area contributed by atoms with E-state index in [0.717, 1.165) is 36.0 Å². The lowest BCUT2D eigenvalue weighted by Crippen LogP contribution is -2.52. The van der Waals surface area contributed by atoms with Crippen LogP contribution in [0.3, 0.4) is 0 Å². The summed E-state index contributed by atoms with van der Waals surface area (Å²) in [5.74, 6) is 0.891. The van der Waals surface area contributed by atoms with Gasteiger partial charge in [0.2, 0.25) is 5.91 Å². The minimum absolute atomic E-state index is 0.223. The van der Waals surface area contributed by atoms with Crippen LogP contribution in [0.25, 0.3) is 11.0 Å². The first kappa shape index (κ1) is 26.0. The number of hydrogen-bond donors (Lipinski definition) is 1. The highest BCUT2D eigenvalue weighted by Crippen LogP contribution is 2.42. The van der Waals surface area contributed by atoms with Crippen LogP contribution < -0.4 is 5.32 Å². The van der Waals surface area contributed by atoms with Crippen molar-refractivity contribution in [2.45, 2.75) is 77.2 Å². The van der Waals surface area contributed by atoms with Crippen LogP contribution in [-0.4, -0.2) is 38.3 Å². The fourth-order valence-corrected chi connectivity index (χ4v) is 6.60. The van der Waals surface area contributed by atoms with Crippen molar-refractivity contribution in [1.82, 2.24) is 14.5 Å². The molecular formula is C31H37N5O2. The lowest BCUT2D eigenvalue weighted by Gasteiger charge is -2.46. The lowest BCUT2D eigenvalue weighted by atomic mass is 9.78. The van der Waals surface area contributed by atoms with Crippen molar-refractivity contribution in [3.63, 3.8) is 0 Å². The molecule has 3 heterocycles. The number of amides is 2. The smallest absolute Gasteiger partial charge is 0.255 e. The zero-order chi connectivity index (χ0) is 27.0. The summed E-state index contributed by atoms with van der Waals surface area (Å²) in [5, 5.41) is 13.3. The average Bonchev–Trinajstić information content (AvgIpc) is 3.52. The van der Waals surface area contributed by atoms with Gasteiger partial charge < -0.3 is 14.8 Å². The Kier molecular flexibility index (Phi) is 7.00. The van der Waals surface area contributed by atoms with Crippen LogP contribution in [-0.2, 0) is 11.8 Å². The van der Waals surface area contributed by atoms with Crippen molar-refractivity contribution in [2.24, 2.45) is 13.0 Å². The number of piperidine rings is 1. The number of likely N-dealkylation sites (tertiary alicyclic amines) is 1. The molecule has 1 unspecified atom stereocenters. The Bertz CT molecular complexity index is 1420. The number of nitrogens with one attached hydrogen (secondary N) is 1. The number of rotatable bonds is 5. The van der Waals surface area contributed by atoms with E-state index in [1.54, 1.807) is 30.5 Å². The number of benzene rings is 1. The molecule has 2 amide bonds. The molecule has 0 bridgehead atoms. The lowest BCUT2D eigenvalue weighted by molar-refractivity contribution is -0.139. The number of pyridine rings is 1. The van der Waals surface area contributed by atoms with E-state index in [1.165, 1.54) is 31.2 Å². The van der Waals surface area contributed by atoms with E-state index in [0.29, 0.717) is 41.0 Å². The Morgan fingerprint density at radius 1 is 1.21 bits per heavy atom. The first-order valence-electron chi connectivity index (χ1n) is 13.7. The molecule has 38 heavy (non-hydrogen) atoms. The van der Waals surface area contributed by atoms with Crippen molar-refractivity contribution in [3.8, 4) is 6.07 Å². The van der Waals surface area contributed by atoms with Gasteiger partial charge in [-0.25, -0.2) is 4.98 Å². The Labute approximate surface area is 224 Å². The van der Waals surface area contributed by atoms with E-state index in [2.05, 4.69) is 40.9 Å². The molecule has 2 aliphatic rings. The first-order valence-corrected chi connectivity index (χ1v) is 13.7. The van der Waals surface area contributed by atoms with Gasteiger partial charge in [0.1, 0.15) is 5.65 Å². The Morgan fingerprint density at radius 3 is 2.68 bits per heavy atom. The van der Waals surface area contributed by atoms with Crippen molar-refractivity contribution >= 4 is 28.5 Å². The molecule has 1 saturated carbocycles. The summed E-state index contributed by atoms with van der Waals surface area (Å²) < 4.78 is 2.06. The highest BCUT2D eigenvalue weighted by Gasteiger charge is 2.39. The molecule has 0 radical (unpaired) electrons. The summed E-state index contributed by atoms with van der Waals surface area (Å²) in [6.07, 6.45) is 11.3. The third-order valence-electron chi connectivity index (χ3n) is 8.63. The number of nitrogens with zero attached hydrogens (tertiary/aromatic N) is 4. The van der Waals surface area contributed by atoms with E-state index >= 15 is 0 Å². The van der Waals surface area contributed by atoms with Crippen LogP contribution >= 0.6 is 0 Å². The van der Waals surface area contributed by atoms with Crippen molar-refractivity contribution in [2.75, 3.05) is 11.9 Å². The number of hydrogen-bond acceptors (Lipinski definition) is 4. The van der Waals surface area contributed by atoms with Crippen LogP contribution in [0.4, 0.5) is 5.69 Å². The maximum Gasteiger partial charge on any atom is 0.255 e. The number of nitriles is 1. The van der Waals surface area contributed by atoms with Crippen molar-refractivity contribution < 1.29 is 9.59 Å². The summed E-state index contributed by atoms with van der Waals surface area (Å²) >= 11 is 0. The van der Waals surface area contributed by atoms with Gasteiger partial charge in [-0.1, -0.05) is 18.9 Å². The maximum absolute atomic E-state index is 13.2. The molecule has 198 valence electrons. The molecule has 1 aliphatic carbocycles. The minimum atomic E-state index is -0.265. The predicted molar refractivity (Wildman–Crippen MR) is 149 cm³/mol. The molecule has 1 aromatic carbocycles. The van der Waals surface area contributed by atoms with Crippen LogP contribution in [0.5, 0.6) is 0 Å². The minimum Gasteiger partial charge on any atom is -0.338 e. The largest absolute Gasteiger partial charge is 0.338 e. The number of carbonyl (C=O) groups excluding carboxylic acids is 2. The highest BCUT2D eigenvalue weighted by atomic mass is 16.2. The normalized spacial score (nSPS) is 19.4. The Balaban J connectivity index is 1.39. The molecule has 0 spiro atoms. The SMILES string of the molecule is Cc1c(NC(=O)c2cccc(C#N)c2)cnc2c1c(C1CCN(C(=O)CC3CCCC3)C(C)(C)C1)cn2C. The van der Waals surface area contributed by atoms with E-state index in [9.17, 15) is 14.9 Å². The number of aromatic nitrogens is 2. The van der Waals surface area contributed by atoms with Gasteiger partial charge in [-0.05, 0) is 87.6 Å². The van der Waals surface area contributed by atoms with Gasteiger partial charge in [0.05, 0.1) is 23.5 Å². The van der Waals surface area contributed by atoms with Gasteiger partial charge in [-0.3, -0.25) is 9.59 Å². The van der Waals surface area contributed by atoms with Gasteiger partial charge >= 0.3 is 0 Å². The molecule has 2 fully saturated rings. The summed E-state index contributed by atoms with van der Waals surface area (Å²) in [4.78, 5) is 33.1. The van der Waals surface area contributed by atoms with Gasteiger partial charge in [-0.15, -0.1) is 0 Å². The number of aryl methyl sites for hydroxylation is 2. The Hall–Kier alpha value is -3.66. The van der Waals surface area contributed by atoms with Gasteiger partial charge in [-0.2, -0.15) is 5.26 Å².